The summed E-state index contributed by atoms with van der Waals surface area (Å²) in [6.45, 7) is 12.2. The number of benzene rings is 1. The van der Waals surface area contributed by atoms with Crippen LogP contribution in [0.25, 0.3) is 11.0 Å². The Hall–Kier alpha value is -3.01. The minimum absolute atomic E-state index is 0.0819. The maximum atomic E-state index is 13.3. The topological polar surface area (TPSA) is 106 Å². The summed E-state index contributed by atoms with van der Waals surface area (Å²) in [5.74, 6) is 1.11. The number of likely N-dealkylation sites (tertiary alicyclic amines) is 1. The summed E-state index contributed by atoms with van der Waals surface area (Å²) in [6.07, 6.45) is 1.05. The molecule has 2 saturated heterocycles. The van der Waals surface area contributed by atoms with Gasteiger partial charge >= 0.3 is 13.2 Å². The molecular formula is C23H31BN4O5. The van der Waals surface area contributed by atoms with Gasteiger partial charge in [-0.3, -0.25) is 4.79 Å². The SMILES string of the molecule is C=C1OB(c2ccc3nc([C@@H]4CCCN4C(=O)[C@@H](NC(=O)OC)C(C)C)[nH]c3c2)OC1(C)C. The van der Waals surface area contributed by atoms with Crippen LogP contribution in [0.4, 0.5) is 4.79 Å². The first kappa shape index (κ1) is 23.2. The van der Waals surface area contributed by atoms with E-state index in [0.29, 0.717) is 12.3 Å². The van der Waals surface area contributed by atoms with E-state index in [9.17, 15) is 9.59 Å². The number of hydrogen-bond donors (Lipinski definition) is 2. The summed E-state index contributed by atoms with van der Waals surface area (Å²) in [5.41, 5.74) is 1.97. The van der Waals surface area contributed by atoms with Gasteiger partial charge in [-0.2, -0.15) is 0 Å². The van der Waals surface area contributed by atoms with Crippen LogP contribution in [-0.4, -0.2) is 59.3 Å². The zero-order valence-electron chi connectivity index (χ0n) is 19.8. The maximum absolute atomic E-state index is 13.3. The molecule has 1 aromatic heterocycles. The van der Waals surface area contributed by atoms with E-state index in [1.165, 1.54) is 7.11 Å². The summed E-state index contributed by atoms with van der Waals surface area (Å²) in [5, 5.41) is 2.67. The monoisotopic (exact) mass is 454 g/mol. The zero-order valence-corrected chi connectivity index (χ0v) is 19.8. The minimum Gasteiger partial charge on any atom is -0.534 e. The quantitative estimate of drug-likeness (QED) is 0.673. The molecule has 2 N–H and O–H groups in total. The van der Waals surface area contributed by atoms with Gasteiger partial charge in [0.2, 0.25) is 5.91 Å². The van der Waals surface area contributed by atoms with Gasteiger partial charge in [-0.1, -0.05) is 26.5 Å². The van der Waals surface area contributed by atoms with Crippen molar-refractivity contribution in [2.45, 2.75) is 58.2 Å². The van der Waals surface area contributed by atoms with E-state index < -0.39 is 24.9 Å². The van der Waals surface area contributed by atoms with Crippen LogP contribution in [0.15, 0.2) is 30.5 Å². The van der Waals surface area contributed by atoms with Gasteiger partial charge in [0.25, 0.3) is 0 Å². The highest BCUT2D eigenvalue weighted by Gasteiger charge is 2.43. The lowest BCUT2D eigenvalue weighted by molar-refractivity contribution is -0.135. The second kappa shape index (κ2) is 8.74. The molecule has 176 valence electrons. The number of hydrogen-bond acceptors (Lipinski definition) is 6. The molecule has 2 aliphatic rings. The number of rotatable bonds is 5. The fourth-order valence-corrected chi connectivity index (χ4v) is 4.31. The van der Waals surface area contributed by atoms with Crippen molar-refractivity contribution in [3.8, 4) is 0 Å². The number of nitrogens with one attached hydrogen (secondary N) is 2. The lowest BCUT2D eigenvalue weighted by Gasteiger charge is -2.29. The van der Waals surface area contributed by atoms with Crippen molar-refractivity contribution in [2.75, 3.05) is 13.7 Å². The first-order chi connectivity index (χ1) is 15.6. The first-order valence-corrected chi connectivity index (χ1v) is 11.3. The molecule has 2 aromatic rings. The van der Waals surface area contributed by atoms with Crippen LogP contribution in [0, 0.1) is 5.92 Å². The van der Waals surface area contributed by atoms with Crippen LogP contribution in [0.5, 0.6) is 0 Å². The van der Waals surface area contributed by atoms with Crippen LogP contribution in [0.2, 0.25) is 0 Å². The third-order valence-electron chi connectivity index (χ3n) is 6.36. The van der Waals surface area contributed by atoms with Crippen molar-refractivity contribution < 1.29 is 23.6 Å². The van der Waals surface area contributed by atoms with Gasteiger partial charge in [0, 0.05) is 6.54 Å². The highest BCUT2D eigenvalue weighted by molar-refractivity contribution is 6.62. The number of ether oxygens (including phenoxy) is 1. The Kier molecular flexibility index (Phi) is 6.13. The molecule has 0 unspecified atom stereocenters. The van der Waals surface area contributed by atoms with Crippen molar-refractivity contribution in [1.29, 1.82) is 0 Å². The molecule has 2 atom stereocenters. The van der Waals surface area contributed by atoms with Gasteiger partial charge in [-0.15, -0.1) is 0 Å². The number of carbonyl (C=O) groups is 2. The second-order valence-corrected chi connectivity index (χ2v) is 9.45. The van der Waals surface area contributed by atoms with Crippen molar-refractivity contribution in [2.24, 2.45) is 5.92 Å². The molecule has 2 aliphatic heterocycles. The Morgan fingerprint density at radius 3 is 2.79 bits per heavy atom. The Balaban J connectivity index is 1.57. The molecule has 0 radical (unpaired) electrons. The Morgan fingerprint density at radius 1 is 1.39 bits per heavy atom. The third-order valence-corrected chi connectivity index (χ3v) is 6.36. The molecular weight excluding hydrogens is 423 g/mol. The van der Waals surface area contributed by atoms with E-state index in [1.54, 1.807) is 4.90 Å². The summed E-state index contributed by atoms with van der Waals surface area (Å²) in [4.78, 5) is 35.0. The van der Waals surface area contributed by atoms with Gasteiger partial charge in [0.15, 0.2) is 0 Å². The average Bonchev–Trinajstić information content (AvgIpc) is 3.47. The summed E-state index contributed by atoms with van der Waals surface area (Å²) in [6, 6.07) is 4.96. The van der Waals surface area contributed by atoms with Crippen LogP contribution in [0.1, 0.15) is 52.4 Å². The first-order valence-electron chi connectivity index (χ1n) is 11.3. The van der Waals surface area contributed by atoms with E-state index in [0.717, 1.165) is 35.2 Å². The molecule has 0 saturated carbocycles. The number of aromatic amines is 1. The molecule has 9 nitrogen and oxygen atoms in total. The largest absolute Gasteiger partial charge is 0.563 e. The Morgan fingerprint density at radius 2 is 2.15 bits per heavy atom. The molecule has 3 heterocycles. The fourth-order valence-electron chi connectivity index (χ4n) is 4.31. The number of imidazole rings is 1. The van der Waals surface area contributed by atoms with Crippen LogP contribution >= 0.6 is 0 Å². The molecule has 2 fully saturated rings. The predicted molar refractivity (Wildman–Crippen MR) is 125 cm³/mol. The molecule has 0 bridgehead atoms. The third kappa shape index (κ3) is 4.44. The lowest BCUT2D eigenvalue weighted by atomic mass is 9.79. The number of carbonyl (C=O) groups excluding carboxylic acids is 2. The summed E-state index contributed by atoms with van der Waals surface area (Å²) in [7, 11) is 0.765. The number of alkyl carbamates (subject to hydrolysis) is 1. The van der Waals surface area contributed by atoms with E-state index in [-0.39, 0.29) is 17.9 Å². The number of aromatic nitrogens is 2. The van der Waals surface area contributed by atoms with Crippen LogP contribution in [-0.2, 0) is 18.8 Å². The molecule has 0 spiro atoms. The Bertz CT molecular complexity index is 1080. The van der Waals surface area contributed by atoms with Crippen molar-refractivity contribution in [3.63, 3.8) is 0 Å². The molecule has 4 rings (SSSR count). The van der Waals surface area contributed by atoms with E-state index in [2.05, 4.69) is 16.9 Å². The molecule has 10 heteroatoms. The lowest BCUT2D eigenvalue weighted by Crippen LogP contribution is -2.51. The van der Waals surface area contributed by atoms with Crippen LogP contribution in [0.3, 0.4) is 0 Å². The van der Waals surface area contributed by atoms with Crippen molar-refractivity contribution in [1.82, 2.24) is 20.2 Å². The average molecular weight is 454 g/mol. The van der Waals surface area contributed by atoms with Crippen molar-refractivity contribution in [3.05, 3.63) is 36.4 Å². The number of nitrogens with zero attached hydrogens (tertiary/aromatic N) is 2. The summed E-state index contributed by atoms with van der Waals surface area (Å²) < 4.78 is 16.5. The molecule has 0 aliphatic carbocycles. The second-order valence-electron chi connectivity index (χ2n) is 9.45. The summed E-state index contributed by atoms with van der Waals surface area (Å²) >= 11 is 0. The smallest absolute Gasteiger partial charge is 0.534 e. The van der Waals surface area contributed by atoms with Gasteiger partial charge in [-0.25, -0.2) is 9.78 Å². The van der Waals surface area contributed by atoms with E-state index in [4.69, 9.17) is 19.0 Å². The standard InChI is InChI=1S/C23H31BN4O5/c1-13(2)19(27-22(30)31-6)21(29)28-11-7-8-18(28)20-25-16-10-9-15(12-17(16)26-20)24-32-14(3)23(4,5)33-24/h9-10,12-13,18-19H,3,7-8,11H2,1-2,4-6H3,(H,25,26)(H,27,30)/t18-,19-/m0/s1. The predicted octanol–water partition coefficient (Wildman–Crippen LogP) is 2.64. The molecule has 33 heavy (non-hydrogen) atoms. The van der Waals surface area contributed by atoms with E-state index in [1.807, 2.05) is 45.9 Å². The zero-order chi connectivity index (χ0) is 23.9. The highest BCUT2D eigenvalue weighted by Crippen LogP contribution is 2.33. The highest BCUT2D eigenvalue weighted by atomic mass is 16.7. The Labute approximate surface area is 194 Å². The number of H-pyrrole nitrogens is 1. The fraction of sp³-hybridized carbons (Fsp3) is 0.522. The van der Waals surface area contributed by atoms with Crippen LogP contribution < -0.4 is 10.8 Å². The van der Waals surface area contributed by atoms with Crippen molar-refractivity contribution >= 4 is 35.6 Å². The number of methoxy groups -OCH3 is 1. The number of fused-ring (bicyclic) bond motifs is 1. The number of amides is 2. The molecule has 1 aromatic carbocycles. The van der Waals surface area contributed by atoms with Gasteiger partial charge in [0.1, 0.15) is 17.5 Å². The maximum Gasteiger partial charge on any atom is 0.563 e. The van der Waals surface area contributed by atoms with Gasteiger partial charge in [-0.05, 0) is 50.2 Å². The normalized spacial score (nSPS) is 20.9. The van der Waals surface area contributed by atoms with Gasteiger partial charge in [0.05, 0.1) is 29.9 Å². The minimum atomic E-state index is -0.665. The van der Waals surface area contributed by atoms with Gasteiger partial charge < -0.3 is 29.2 Å². The molecule has 2 amide bonds. The van der Waals surface area contributed by atoms with E-state index >= 15 is 0 Å².